The number of furan rings is 1. The van der Waals surface area contributed by atoms with Crippen LogP contribution in [0.15, 0.2) is 49.1 Å². The Kier molecular flexibility index (Phi) is 4.16. The van der Waals surface area contributed by atoms with Crippen molar-refractivity contribution in [3.05, 3.63) is 52.4 Å². The van der Waals surface area contributed by atoms with E-state index in [4.69, 9.17) is 14.0 Å². The van der Waals surface area contributed by atoms with E-state index < -0.39 is 15.8 Å². The predicted molar refractivity (Wildman–Crippen MR) is 94.3 cm³/mol. The lowest BCUT2D eigenvalue weighted by Gasteiger charge is -2.20. The highest BCUT2D eigenvalue weighted by molar-refractivity contribution is 7.89. The Hall–Kier alpha value is -2.85. The van der Waals surface area contributed by atoms with Gasteiger partial charge < -0.3 is 13.7 Å². The molecule has 1 aliphatic rings. The van der Waals surface area contributed by atoms with Crippen LogP contribution in [-0.2, 0) is 34.3 Å². The Morgan fingerprint density at radius 1 is 1.26 bits per heavy atom. The maximum atomic E-state index is 12.8. The molecule has 0 unspecified atom stereocenters. The van der Waals surface area contributed by atoms with Crippen LogP contribution in [0, 0.1) is 0 Å². The van der Waals surface area contributed by atoms with Crippen LogP contribution in [0.2, 0.25) is 0 Å². The number of nitrogens with zero attached hydrogens (tertiary/aromatic N) is 2. The van der Waals surface area contributed by atoms with E-state index in [1.807, 2.05) is 6.07 Å². The van der Waals surface area contributed by atoms with E-state index in [-0.39, 0.29) is 22.9 Å². The van der Waals surface area contributed by atoms with Crippen LogP contribution >= 0.6 is 0 Å². The zero-order chi connectivity index (χ0) is 19.2. The molecule has 9 nitrogen and oxygen atoms in total. The fourth-order valence-corrected chi connectivity index (χ4v) is 3.79. The summed E-state index contributed by atoms with van der Waals surface area (Å²) in [6.07, 6.45) is 3.14. The molecule has 0 spiro atoms. The molecule has 3 heterocycles. The second-order valence-corrected chi connectivity index (χ2v) is 7.98. The molecule has 1 aliphatic heterocycles. The molecule has 4 rings (SSSR count). The van der Waals surface area contributed by atoms with Crippen LogP contribution in [0.5, 0.6) is 0 Å². The average Bonchev–Trinajstić information content (AvgIpc) is 3.10. The van der Waals surface area contributed by atoms with E-state index in [1.165, 1.54) is 22.8 Å². The van der Waals surface area contributed by atoms with Crippen molar-refractivity contribution in [3.8, 4) is 0 Å². The molecule has 0 atom stereocenters. The van der Waals surface area contributed by atoms with E-state index in [2.05, 4.69) is 0 Å². The normalized spacial score (nSPS) is 14.9. The number of primary sulfonamides is 1. The average molecular weight is 391 g/mol. The van der Waals surface area contributed by atoms with Crippen LogP contribution in [0.25, 0.3) is 11.1 Å². The molecule has 0 saturated carbocycles. The van der Waals surface area contributed by atoms with Crippen LogP contribution in [0.4, 0.5) is 0 Å². The third-order valence-corrected chi connectivity index (χ3v) is 5.56. The predicted octanol–water partition coefficient (Wildman–Crippen LogP) is 0.810. The number of hydrogen-bond donors (Lipinski definition) is 1. The first-order valence-electron chi connectivity index (χ1n) is 8.32. The van der Waals surface area contributed by atoms with Gasteiger partial charge in [0.05, 0.1) is 16.7 Å². The molecule has 0 radical (unpaired) electrons. The number of nitrogens with two attached hydrogens (primary N) is 1. The van der Waals surface area contributed by atoms with E-state index in [0.717, 1.165) is 24.2 Å². The summed E-state index contributed by atoms with van der Waals surface area (Å²) in [7, 11) is -3.92. The Labute approximate surface area is 154 Å². The molecule has 1 amide bonds. The minimum atomic E-state index is -3.92. The third kappa shape index (κ3) is 3.28. The number of sulfonamides is 1. The van der Waals surface area contributed by atoms with Gasteiger partial charge >= 0.3 is 5.76 Å². The highest BCUT2D eigenvalue weighted by atomic mass is 32.2. The maximum absolute atomic E-state index is 12.8. The molecule has 1 aromatic carbocycles. The van der Waals surface area contributed by atoms with Gasteiger partial charge in [0.2, 0.25) is 15.9 Å². The second-order valence-electron chi connectivity index (χ2n) is 6.42. The van der Waals surface area contributed by atoms with Crippen LogP contribution < -0.4 is 10.9 Å². The minimum absolute atomic E-state index is 0.0623. The number of benzene rings is 1. The van der Waals surface area contributed by atoms with Crippen molar-refractivity contribution in [3.63, 3.8) is 0 Å². The summed E-state index contributed by atoms with van der Waals surface area (Å²) in [6, 6.07) is 5.70. The van der Waals surface area contributed by atoms with Crippen molar-refractivity contribution in [1.82, 2.24) is 9.47 Å². The van der Waals surface area contributed by atoms with Crippen molar-refractivity contribution in [2.24, 2.45) is 5.14 Å². The number of carbonyl (C=O) groups is 1. The van der Waals surface area contributed by atoms with Gasteiger partial charge in [-0.15, -0.1) is 0 Å². The zero-order valence-corrected chi connectivity index (χ0v) is 15.1. The van der Waals surface area contributed by atoms with Crippen molar-refractivity contribution in [1.29, 1.82) is 0 Å². The standard InChI is InChI=1S/C17H17N3O6S/c18-27(23,24)12-3-4-13-15(8-12)26-17(22)20(13)10-16(21)19-6-1-2-14-11(9-19)5-7-25-14/h3-5,7-8H,1-2,6,9-10H2,(H2,18,23,24). The number of aryl methyl sites for hydroxylation is 1. The summed E-state index contributed by atoms with van der Waals surface area (Å²) in [4.78, 5) is 26.4. The number of amides is 1. The summed E-state index contributed by atoms with van der Waals surface area (Å²) < 4.78 is 34.6. The van der Waals surface area contributed by atoms with Crippen molar-refractivity contribution < 1.29 is 22.0 Å². The second kappa shape index (κ2) is 6.39. The number of oxazole rings is 1. The van der Waals surface area contributed by atoms with Gasteiger partial charge in [-0.05, 0) is 24.6 Å². The summed E-state index contributed by atoms with van der Waals surface area (Å²) in [5.74, 6) is -0.0835. The van der Waals surface area contributed by atoms with E-state index in [9.17, 15) is 18.0 Å². The lowest BCUT2D eigenvalue weighted by Crippen LogP contribution is -2.35. The zero-order valence-electron chi connectivity index (χ0n) is 14.3. The molecule has 27 heavy (non-hydrogen) atoms. The lowest BCUT2D eigenvalue weighted by molar-refractivity contribution is -0.132. The number of rotatable bonds is 3. The van der Waals surface area contributed by atoms with E-state index in [1.54, 1.807) is 11.2 Å². The van der Waals surface area contributed by atoms with Crippen LogP contribution in [-0.4, -0.2) is 30.3 Å². The summed E-state index contributed by atoms with van der Waals surface area (Å²) in [5, 5.41) is 5.09. The molecule has 0 aliphatic carbocycles. The fourth-order valence-electron chi connectivity index (χ4n) is 3.26. The number of aromatic nitrogens is 1. The van der Waals surface area contributed by atoms with Gasteiger partial charge in [-0.1, -0.05) is 0 Å². The molecule has 0 saturated heterocycles. The molecule has 3 aromatic rings. The van der Waals surface area contributed by atoms with E-state index >= 15 is 0 Å². The minimum Gasteiger partial charge on any atom is -0.469 e. The number of carbonyl (C=O) groups excluding carboxylic acids is 1. The van der Waals surface area contributed by atoms with Crippen LogP contribution in [0.1, 0.15) is 17.7 Å². The molecule has 142 valence electrons. The largest absolute Gasteiger partial charge is 0.469 e. The summed E-state index contributed by atoms with van der Waals surface area (Å²) in [5.41, 5.74) is 1.36. The van der Waals surface area contributed by atoms with Gasteiger partial charge in [-0.3, -0.25) is 9.36 Å². The first kappa shape index (κ1) is 17.6. The molecule has 0 bridgehead atoms. The Balaban J connectivity index is 1.62. The summed E-state index contributed by atoms with van der Waals surface area (Å²) >= 11 is 0. The highest BCUT2D eigenvalue weighted by Crippen LogP contribution is 2.21. The first-order valence-corrected chi connectivity index (χ1v) is 9.87. The lowest BCUT2D eigenvalue weighted by atomic mass is 10.2. The van der Waals surface area contributed by atoms with Gasteiger partial charge in [-0.25, -0.2) is 18.4 Å². The highest BCUT2D eigenvalue weighted by Gasteiger charge is 2.23. The van der Waals surface area contributed by atoms with Crippen molar-refractivity contribution in [2.45, 2.75) is 30.8 Å². The third-order valence-electron chi connectivity index (χ3n) is 4.65. The molecule has 2 aromatic heterocycles. The molecule has 2 N–H and O–H groups in total. The van der Waals surface area contributed by atoms with Gasteiger partial charge in [0.1, 0.15) is 12.3 Å². The number of hydrogen-bond acceptors (Lipinski definition) is 6. The maximum Gasteiger partial charge on any atom is 0.420 e. The molecular formula is C17H17N3O6S. The van der Waals surface area contributed by atoms with Crippen LogP contribution in [0.3, 0.4) is 0 Å². The SMILES string of the molecule is NS(=O)(=O)c1ccc2c(c1)oc(=O)n2CC(=O)N1CCCc2occc2C1. The Bertz CT molecular complexity index is 1190. The van der Waals surface area contributed by atoms with Gasteiger partial charge in [0, 0.05) is 31.1 Å². The Morgan fingerprint density at radius 2 is 2.07 bits per heavy atom. The monoisotopic (exact) mass is 391 g/mol. The van der Waals surface area contributed by atoms with Gasteiger partial charge in [0.15, 0.2) is 5.58 Å². The summed E-state index contributed by atoms with van der Waals surface area (Å²) in [6.45, 7) is 0.779. The molecular weight excluding hydrogens is 374 g/mol. The van der Waals surface area contributed by atoms with Gasteiger partial charge in [-0.2, -0.15) is 0 Å². The Morgan fingerprint density at radius 3 is 2.85 bits per heavy atom. The topological polar surface area (TPSA) is 129 Å². The van der Waals surface area contributed by atoms with Gasteiger partial charge in [0.25, 0.3) is 0 Å². The first-order chi connectivity index (χ1) is 12.8. The van der Waals surface area contributed by atoms with E-state index in [0.29, 0.717) is 18.6 Å². The quantitative estimate of drug-likeness (QED) is 0.703. The molecule has 10 heteroatoms. The fraction of sp³-hybridized carbons (Fsp3) is 0.294. The van der Waals surface area contributed by atoms with Crippen molar-refractivity contribution >= 4 is 27.0 Å². The number of fused-ring (bicyclic) bond motifs is 2. The smallest absolute Gasteiger partial charge is 0.420 e. The molecule has 0 fully saturated rings. The van der Waals surface area contributed by atoms with Crippen molar-refractivity contribution in [2.75, 3.05) is 6.54 Å².